The van der Waals surface area contributed by atoms with Crippen LogP contribution in [-0.2, 0) is 0 Å². The van der Waals surface area contributed by atoms with E-state index in [2.05, 4.69) is 95.5 Å². The quantitative estimate of drug-likeness (QED) is 0.620. The normalized spacial score (nSPS) is 12.5. The second kappa shape index (κ2) is 6.16. The molecule has 0 saturated carbocycles. The van der Waals surface area contributed by atoms with Crippen molar-refractivity contribution >= 4 is 33.4 Å². The highest BCUT2D eigenvalue weighted by molar-refractivity contribution is 14.1. The number of rotatable bonds is 3. The number of nitrogens with one attached hydrogen (secondary N) is 1. The van der Waals surface area contributed by atoms with E-state index < -0.39 is 0 Å². The summed E-state index contributed by atoms with van der Waals surface area (Å²) in [5, 5.41) is 6.13. The third-order valence-electron chi connectivity index (χ3n) is 3.96. The van der Waals surface area contributed by atoms with Gasteiger partial charge in [-0.15, -0.1) is 0 Å². The van der Waals surface area contributed by atoms with Crippen molar-refractivity contribution in [3.05, 3.63) is 80.9 Å². The van der Waals surface area contributed by atoms with Gasteiger partial charge in [0, 0.05) is 3.57 Å². The van der Waals surface area contributed by atoms with Crippen LogP contribution in [0.25, 0.3) is 10.8 Å². The van der Waals surface area contributed by atoms with Gasteiger partial charge in [0.1, 0.15) is 0 Å². The van der Waals surface area contributed by atoms with Gasteiger partial charge in [-0.25, -0.2) is 0 Å². The molecule has 3 aromatic carbocycles. The fraction of sp³-hybridized carbons (Fsp3) is 0.158. The van der Waals surface area contributed by atoms with Crippen LogP contribution in [0.15, 0.2) is 60.7 Å². The lowest BCUT2D eigenvalue weighted by molar-refractivity contribution is 0.696. The SMILES string of the molecule is CNC(c1cccc(I)c1)c1ccc(C)c2ccccc12. The average molecular weight is 387 g/mol. The van der Waals surface area contributed by atoms with Crippen molar-refractivity contribution in [3.8, 4) is 0 Å². The molecule has 106 valence electrons. The van der Waals surface area contributed by atoms with E-state index >= 15 is 0 Å². The second-order valence-electron chi connectivity index (χ2n) is 5.29. The molecule has 3 aromatic rings. The molecule has 0 aliphatic heterocycles. The minimum Gasteiger partial charge on any atom is -0.309 e. The van der Waals surface area contributed by atoms with Gasteiger partial charge >= 0.3 is 0 Å². The van der Waals surface area contributed by atoms with Crippen LogP contribution in [0.5, 0.6) is 0 Å². The van der Waals surface area contributed by atoms with Gasteiger partial charge in [0.15, 0.2) is 0 Å². The van der Waals surface area contributed by atoms with E-state index in [1.807, 2.05) is 7.05 Å². The number of halogens is 1. The molecule has 1 unspecified atom stereocenters. The van der Waals surface area contributed by atoms with Gasteiger partial charge in [0.25, 0.3) is 0 Å². The van der Waals surface area contributed by atoms with E-state index in [0.29, 0.717) is 0 Å². The van der Waals surface area contributed by atoms with Gasteiger partial charge < -0.3 is 5.32 Å². The molecule has 1 atom stereocenters. The van der Waals surface area contributed by atoms with Gasteiger partial charge in [0.05, 0.1) is 6.04 Å². The first-order valence-corrected chi connectivity index (χ1v) is 8.19. The van der Waals surface area contributed by atoms with E-state index in [-0.39, 0.29) is 6.04 Å². The third kappa shape index (κ3) is 2.83. The Bertz CT molecular complexity index is 779. The monoisotopic (exact) mass is 387 g/mol. The van der Waals surface area contributed by atoms with Crippen molar-refractivity contribution in [3.63, 3.8) is 0 Å². The maximum atomic E-state index is 3.47. The topological polar surface area (TPSA) is 12.0 Å². The molecular weight excluding hydrogens is 369 g/mol. The Balaban J connectivity index is 2.20. The van der Waals surface area contributed by atoms with Gasteiger partial charge in [-0.1, -0.05) is 48.5 Å². The Morgan fingerprint density at radius 1 is 0.905 bits per heavy atom. The Kier molecular flexibility index (Phi) is 4.27. The first-order chi connectivity index (χ1) is 10.2. The van der Waals surface area contributed by atoms with Crippen molar-refractivity contribution < 1.29 is 0 Å². The summed E-state index contributed by atoms with van der Waals surface area (Å²) in [6, 6.07) is 22.0. The molecule has 0 aliphatic rings. The van der Waals surface area contributed by atoms with Crippen LogP contribution in [-0.4, -0.2) is 7.05 Å². The Morgan fingerprint density at radius 3 is 2.38 bits per heavy atom. The van der Waals surface area contributed by atoms with Crippen LogP contribution in [0.4, 0.5) is 0 Å². The molecule has 0 spiro atoms. The fourth-order valence-electron chi connectivity index (χ4n) is 2.91. The molecule has 0 heterocycles. The van der Waals surface area contributed by atoms with Crippen LogP contribution in [0.1, 0.15) is 22.7 Å². The number of fused-ring (bicyclic) bond motifs is 1. The maximum absolute atomic E-state index is 3.47. The van der Waals surface area contributed by atoms with Crippen molar-refractivity contribution in [2.75, 3.05) is 7.05 Å². The zero-order valence-corrected chi connectivity index (χ0v) is 14.4. The average Bonchev–Trinajstić information content (AvgIpc) is 2.51. The highest BCUT2D eigenvalue weighted by Gasteiger charge is 2.15. The van der Waals surface area contributed by atoms with Gasteiger partial charge in [-0.3, -0.25) is 0 Å². The van der Waals surface area contributed by atoms with Crippen LogP contribution in [0.2, 0.25) is 0 Å². The van der Waals surface area contributed by atoms with Gasteiger partial charge in [0.2, 0.25) is 0 Å². The minimum atomic E-state index is 0.213. The Labute approximate surface area is 139 Å². The predicted molar refractivity (Wildman–Crippen MR) is 98.7 cm³/mol. The zero-order chi connectivity index (χ0) is 14.8. The Morgan fingerprint density at radius 2 is 1.67 bits per heavy atom. The van der Waals surface area contributed by atoms with Crippen LogP contribution >= 0.6 is 22.6 Å². The number of hydrogen-bond acceptors (Lipinski definition) is 1. The van der Waals surface area contributed by atoms with E-state index in [1.165, 1.54) is 31.0 Å². The molecule has 0 fully saturated rings. The molecule has 21 heavy (non-hydrogen) atoms. The molecule has 0 radical (unpaired) electrons. The smallest absolute Gasteiger partial charge is 0.0580 e. The molecule has 0 bridgehead atoms. The van der Waals surface area contributed by atoms with E-state index in [0.717, 1.165) is 0 Å². The molecule has 0 saturated heterocycles. The first kappa shape index (κ1) is 14.5. The van der Waals surface area contributed by atoms with Gasteiger partial charge in [-0.2, -0.15) is 0 Å². The standard InChI is InChI=1S/C19H18IN/c1-13-10-11-18(17-9-4-3-8-16(13)17)19(21-2)14-6-5-7-15(20)12-14/h3-12,19,21H,1-2H3. The summed E-state index contributed by atoms with van der Waals surface area (Å²) in [5.41, 5.74) is 3.96. The molecule has 0 aromatic heterocycles. The lowest BCUT2D eigenvalue weighted by Gasteiger charge is -2.20. The zero-order valence-electron chi connectivity index (χ0n) is 12.2. The lowest BCUT2D eigenvalue weighted by Crippen LogP contribution is -2.18. The van der Waals surface area contributed by atoms with E-state index in [4.69, 9.17) is 0 Å². The highest BCUT2D eigenvalue weighted by atomic mass is 127. The lowest BCUT2D eigenvalue weighted by atomic mass is 9.92. The van der Waals surface area contributed by atoms with Crippen molar-refractivity contribution in [2.24, 2.45) is 0 Å². The summed E-state index contributed by atoms with van der Waals surface area (Å²) in [6.45, 7) is 2.17. The summed E-state index contributed by atoms with van der Waals surface area (Å²) >= 11 is 2.37. The minimum absolute atomic E-state index is 0.213. The Hall–Kier alpha value is -1.39. The van der Waals surface area contributed by atoms with E-state index in [1.54, 1.807) is 0 Å². The number of benzene rings is 3. The summed E-state index contributed by atoms with van der Waals surface area (Å²) in [4.78, 5) is 0. The van der Waals surface area contributed by atoms with Crippen molar-refractivity contribution in [1.29, 1.82) is 0 Å². The third-order valence-corrected chi connectivity index (χ3v) is 4.63. The second-order valence-corrected chi connectivity index (χ2v) is 6.54. The molecule has 3 rings (SSSR count). The molecule has 1 nitrogen and oxygen atoms in total. The molecule has 2 heteroatoms. The van der Waals surface area contributed by atoms with Crippen molar-refractivity contribution in [2.45, 2.75) is 13.0 Å². The highest BCUT2D eigenvalue weighted by Crippen LogP contribution is 2.31. The van der Waals surface area contributed by atoms with Crippen LogP contribution in [0, 0.1) is 10.5 Å². The molecule has 0 amide bonds. The molecular formula is C19H18IN. The molecule has 1 N–H and O–H groups in total. The van der Waals surface area contributed by atoms with Crippen LogP contribution in [0.3, 0.4) is 0 Å². The fourth-order valence-corrected chi connectivity index (χ4v) is 3.48. The largest absolute Gasteiger partial charge is 0.309 e. The van der Waals surface area contributed by atoms with Crippen molar-refractivity contribution in [1.82, 2.24) is 5.32 Å². The number of hydrogen-bond donors (Lipinski definition) is 1. The first-order valence-electron chi connectivity index (χ1n) is 7.11. The molecule has 0 aliphatic carbocycles. The summed E-state index contributed by atoms with van der Waals surface area (Å²) in [5.74, 6) is 0. The summed E-state index contributed by atoms with van der Waals surface area (Å²) in [6.07, 6.45) is 0. The predicted octanol–water partition coefficient (Wildman–Crippen LogP) is 5.06. The van der Waals surface area contributed by atoms with Crippen LogP contribution < -0.4 is 5.32 Å². The van der Waals surface area contributed by atoms with E-state index in [9.17, 15) is 0 Å². The number of aryl methyl sites for hydroxylation is 1. The van der Waals surface area contributed by atoms with Gasteiger partial charge in [-0.05, 0) is 76.2 Å². The summed E-state index contributed by atoms with van der Waals surface area (Å²) in [7, 11) is 2.03. The summed E-state index contributed by atoms with van der Waals surface area (Å²) < 4.78 is 1.27. The maximum Gasteiger partial charge on any atom is 0.0580 e.